The number of hydrogen-bond acceptors (Lipinski definition) is 2. The van der Waals surface area contributed by atoms with Gasteiger partial charge < -0.3 is 10.4 Å². The number of carbonyl (C=O) groups is 2. The average molecular weight is 295 g/mol. The van der Waals surface area contributed by atoms with Crippen molar-refractivity contribution in [2.75, 3.05) is 6.54 Å². The molecule has 0 aromatic rings. The van der Waals surface area contributed by atoms with Gasteiger partial charge in [0.2, 0.25) is 5.91 Å². The molecule has 4 heteroatoms. The maximum absolute atomic E-state index is 12.2. The second kappa shape index (κ2) is 7.81. The normalized spacial score (nSPS) is 33.4. The van der Waals surface area contributed by atoms with Gasteiger partial charge in [0.15, 0.2) is 0 Å². The molecular weight excluding hydrogens is 266 g/mol. The van der Waals surface area contributed by atoms with Gasteiger partial charge in [0.1, 0.15) is 0 Å². The zero-order valence-electron chi connectivity index (χ0n) is 13.1. The quantitative estimate of drug-likeness (QED) is 0.818. The summed E-state index contributed by atoms with van der Waals surface area (Å²) in [7, 11) is 0. The van der Waals surface area contributed by atoms with Crippen molar-refractivity contribution in [1.82, 2.24) is 5.32 Å². The van der Waals surface area contributed by atoms with Gasteiger partial charge in [-0.25, -0.2) is 0 Å². The fraction of sp³-hybridized carbons (Fsp3) is 0.882. The fourth-order valence-corrected chi connectivity index (χ4v) is 3.81. The summed E-state index contributed by atoms with van der Waals surface area (Å²) >= 11 is 0. The molecule has 1 amide bonds. The predicted octanol–water partition coefficient (Wildman–Crippen LogP) is 3.21. The number of carboxylic acid groups (broad SMARTS) is 1. The topological polar surface area (TPSA) is 66.4 Å². The summed E-state index contributed by atoms with van der Waals surface area (Å²) in [6.07, 6.45) is 9.24. The molecule has 2 unspecified atom stereocenters. The molecule has 0 saturated heterocycles. The number of carboxylic acids is 1. The molecular formula is C17H29NO3. The zero-order valence-corrected chi connectivity index (χ0v) is 13.1. The first-order valence-electron chi connectivity index (χ1n) is 8.56. The number of rotatable bonds is 5. The van der Waals surface area contributed by atoms with Gasteiger partial charge in [0, 0.05) is 12.5 Å². The minimum absolute atomic E-state index is 0.0742. The molecule has 120 valence electrons. The number of nitrogens with one attached hydrogen (secondary N) is 1. The summed E-state index contributed by atoms with van der Waals surface area (Å²) in [6.45, 7) is 3.08. The highest BCUT2D eigenvalue weighted by molar-refractivity contribution is 5.80. The molecule has 0 radical (unpaired) electrons. The molecule has 0 bridgehead atoms. The summed E-state index contributed by atoms with van der Waals surface area (Å²) in [6, 6.07) is 0. The molecule has 2 aliphatic carbocycles. The van der Waals surface area contributed by atoms with Crippen LogP contribution in [-0.4, -0.2) is 23.5 Å². The first-order valence-corrected chi connectivity index (χ1v) is 8.56. The lowest BCUT2D eigenvalue weighted by atomic mass is 9.80. The lowest BCUT2D eigenvalue weighted by Crippen LogP contribution is -2.36. The summed E-state index contributed by atoms with van der Waals surface area (Å²) in [5.41, 5.74) is 0. The van der Waals surface area contributed by atoms with E-state index >= 15 is 0 Å². The van der Waals surface area contributed by atoms with Gasteiger partial charge in [-0.1, -0.05) is 39.0 Å². The molecule has 2 atom stereocenters. The Morgan fingerprint density at radius 2 is 1.71 bits per heavy atom. The van der Waals surface area contributed by atoms with Crippen molar-refractivity contribution in [2.45, 2.75) is 64.7 Å². The van der Waals surface area contributed by atoms with E-state index in [0.717, 1.165) is 44.1 Å². The van der Waals surface area contributed by atoms with Gasteiger partial charge in [0.25, 0.3) is 0 Å². The van der Waals surface area contributed by atoms with E-state index in [2.05, 4.69) is 12.2 Å². The van der Waals surface area contributed by atoms with Gasteiger partial charge in [-0.2, -0.15) is 0 Å². The van der Waals surface area contributed by atoms with Crippen LogP contribution in [0.25, 0.3) is 0 Å². The van der Waals surface area contributed by atoms with E-state index < -0.39 is 5.97 Å². The molecule has 2 rings (SSSR count). The molecule has 0 aromatic carbocycles. The van der Waals surface area contributed by atoms with Crippen molar-refractivity contribution in [3.05, 3.63) is 0 Å². The highest BCUT2D eigenvalue weighted by atomic mass is 16.4. The number of hydrogen-bond donors (Lipinski definition) is 2. The van der Waals surface area contributed by atoms with Crippen LogP contribution in [0.2, 0.25) is 0 Å². The van der Waals surface area contributed by atoms with Crippen LogP contribution in [0.5, 0.6) is 0 Å². The van der Waals surface area contributed by atoms with Crippen LogP contribution in [0.15, 0.2) is 0 Å². The average Bonchev–Trinajstić information content (AvgIpc) is 2.49. The van der Waals surface area contributed by atoms with Gasteiger partial charge in [-0.05, 0) is 37.5 Å². The van der Waals surface area contributed by atoms with E-state index in [0.29, 0.717) is 6.42 Å². The zero-order chi connectivity index (χ0) is 15.2. The minimum atomic E-state index is -0.746. The van der Waals surface area contributed by atoms with Crippen molar-refractivity contribution < 1.29 is 14.7 Å². The maximum atomic E-state index is 12.2. The standard InChI is InChI=1S/C17H29NO3/c1-12-5-7-13(8-6-12)9-10-18-16(19)14-3-2-4-15(11-14)17(20)21/h12-15H,2-11H2,1H3,(H,18,19)(H,20,21). The molecule has 0 spiro atoms. The van der Waals surface area contributed by atoms with Crippen LogP contribution in [0.1, 0.15) is 64.7 Å². The maximum Gasteiger partial charge on any atom is 0.306 e. The Morgan fingerprint density at radius 1 is 1.05 bits per heavy atom. The third-order valence-electron chi connectivity index (χ3n) is 5.38. The third kappa shape index (κ3) is 5.01. The Kier molecular flexibility index (Phi) is 6.07. The van der Waals surface area contributed by atoms with E-state index in [9.17, 15) is 9.59 Å². The number of carbonyl (C=O) groups excluding carboxylic acids is 1. The van der Waals surface area contributed by atoms with E-state index in [1.807, 2.05) is 0 Å². The highest BCUT2D eigenvalue weighted by Gasteiger charge is 2.30. The molecule has 2 fully saturated rings. The van der Waals surface area contributed by atoms with Gasteiger partial charge in [-0.15, -0.1) is 0 Å². The van der Waals surface area contributed by atoms with Crippen LogP contribution < -0.4 is 5.32 Å². The Bertz CT molecular complexity index is 361. The van der Waals surface area contributed by atoms with E-state index in [1.165, 1.54) is 25.7 Å². The summed E-state index contributed by atoms with van der Waals surface area (Å²) in [5.74, 6) is 0.542. The van der Waals surface area contributed by atoms with Crippen molar-refractivity contribution in [3.8, 4) is 0 Å². The smallest absolute Gasteiger partial charge is 0.306 e. The fourth-order valence-electron chi connectivity index (χ4n) is 3.81. The minimum Gasteiger partial charge on any atom is -0.481 e. The molecule has 2 saturated carbocycles. The first kappa shape index (κ1) is 16.3. The summed E-state index contributed by atoms with van der Waals surface area (Å²) < 4.78 is 0. The lowest BCUT2D eigenvalue weighted by molar-refractivity contribution is -0.144. The molecule has 21 heavy (non-hydrogen) atoms. The monoisotopic (exact) mass is 295 g/mol. The molecule has 2 N–H and O–H groups in total. The van der Waals surface area contributed by atoms with Gasteiger partial charge in [0.05, 0.1) is 5.92 Å². The second-order valence-electron chi connectivity index (χ2n) is 7.10. The van der Waals surface area contributed by atoms with Crippen LogP contribution >= 0.6 is 0 Å². The third-order valence-corrected chi connectivity index (χ3v) is 5.38. The Labute approximate surface area is 127 Å². The molecule has 4 nitrogen and oxygen atoms in total. The van der Waals surface area contributed by atoms with Crippen LogP contribution in [-0.2, 0) is 9.59 Å². The van der Waals surface area contributed by atoms with Crippen molar-refractivity contribution in [2.24, 2.45) is 23.7 Å². The van der Waals surface area contributed by atoms with Crippen molar-refractivity contribution in [1.29, 1.82) is 0 Å². The lowest BCUT2D eigenvalue weighted by Gasteiger charge is -2.27. The first-order chi connectivity index (χ1) is 10.1. The van der Waals surface area contributed by atoms with Crippen LogP contribution in [0.3, 0.4) is 0 Å². The Morgan fingerprint density at radius 3 is 2.38 bits per heavy atom. The number of aliphatic carboxylic acids is 1. The largest absolute Gasteiger partial charge is 0.481 e. The predicted molar refractivity (Wildman–Crippen MR) is 81.8 cm³/mol. The Balaban J connectivity index is 1.66. The summed E-state index contributed by atoms with van der Waals surface area (Å²) in [4.78, 5) is 23.2. The van der Waals surface area contributed by atoms with E-state index in [-0.39, 0.29) is 17.7 Å². The molecule has 2 aliphatic rings. The SMILES string of the molecule is CC1CCC(CCNC(=O)C2CCCC(C(=O)O)C2)CC1. The van der Waals surface area contributed by atoms with Gasteiger partial charge >= 0.3 is 5.97 Å². The van der Waals surface area contributed by atoms with Crippen molar-refractivity contribution >= 4 is 11.9 Å². The van der Waals surface area contributed by atoms with E-state index in [4.69, 9.17) is 5.11 Å². The molecule has 0 aliphatic heterocycles. The van der Waals surface area contributed by atoms with Crippen molar-refractivity contribution in [3.63, 3.8) is 0 Å². The van der Waals surface area contributed by atoms with Crippen LogP contribution in [0, 0.1) is 23.7 Å². The molecule has 0 aromatic heterocycles. The number of amides is 1. The van der Waals surface area contributed by atoms with Gasteiger partial charge in [-0.3, -0.25) is 9.59 Å². The highest BCUT2D eigenvalue weighted by Crippen LogP contribution is 2.31. The van der Waals surface area contributed by atoms with Crippen LogP contribution in [0.4, 0.5) is 0 Å². The van der Waals surface area contributed by atoms with E-state index in [1.54, 1.807) is 0 Å². The Hall–Kier alpha value is -1.06. The summed E-state index contributed by atoms with van der Waals surface area (Å²) in [5, 5.41) is 12.1. The second-order valence-corrected chi connectivity index (χ2v) is 7.10. The molecule has 0 heterocycles.